The Bertz CT molecular complexity index is 540. The first-order chi connectivity index (χ1) is 10.5. The number of nitrogens with zero attached hydrogens (tertiary/aromatic N) is 1. The van der Waals surface area contributed by atoms with E-state index in [1.54, 1.807) is 0 Å². The van der Waals surface area contributed by atoms with Gasteiger partial charge in [0.15, 0.2) is 6.61 Å². The van der Waals surface area contributed by atoms with Gasteiger partial charge in [-0.2, -0.15) is 5.10 Å². The number of amides is 1. The van der Waals surface area contributed by atoms with Crippen molar-refractivity contribution in [3.05, 3.63) is 27.2 Å². The van der Waals surface area contributed by atoms with Gasteiger partial charge in [0, 0.05) is 11.8 Å². The highest BCUT2D eigenvalue weighted by Crippen LogP contribution is 2.33. The van der Waals surface area contributed by atoms with Crippen molar-refractivity contribution in [1.29, 1.82) is 0 Å². The van der Waals surface area contributed by atoms with Gasteiger partial charge in [-0.05, 0) is 18.9 Å². The number of carbonyl (C=O) groups is 1. The van der Waals surface area contributed by atoms with E-state index in [0.717, 1.165) is 31.4 Å². The summed E-state index contributed by atoms with van der Waals surface area (Å²) >= 11 is 17.7. The number of hydrogen-bond acceptors (Lipinski definition) is 3. The van der Waals surface area contributed by atoms with Gasteiger partial charge in [0.1, 0.15) is 5.75 Å². The van der Waals surface area contributed by atoms with Crippen molar-refractivity contribution in [3.8, 4) is 5.75 Å². The molecule has 0 aliphatic rings. The summed E-state index contributed by atoms with van der Waals surface area (Å²) < 4.78 is 5.33. The summed E-state index contributed by atoms with van der Waals surface area (Å²) in [5, 5.41) is 5.06. The van der Waals surface area contributed by atoms with Gasteiger partial charge in [-0.15, -0.1) is 0 Å². The Kier molecular flexibility index (Phi) is 8.61. The summed E-state index contributed by atoms with van der Waals surface area (Å²) in [5.41, 5.74) is 3.47. The molecule has 1 amide bonds. The van der Waals surface area contributed by atoms with Crippen LogP contribution in [0.1, 0.15) is 39.5 Å². The summed E-state index contributed by atoms with van der Waals surface area (Å²) in [5.74, 6) is -0.0515. The molecule has 1 aromatic rings. The van der Waals surface area contributed by atoms with Crippen LogP contribution in [0, 0.1) is 0 Å². The van der Waals surface area contributed by atoms with E-state index in [9.17, 15) is 4.79 Å². The molecule has 4 nitrogen and oxygen atoms in total. The van der Waals surface area contributed by atoms with E-state index in [1.165, 1.54) is 12.1 Å². The van der Waals surface area contributed by atoms with E-state index in [4.69, 9.17) is 39.5 Å². The van der Waals surface area contributed by atoms with Crippen molar-refractivity contribution >= 4 is 46.4 Å². The number of halogens is 3. The molecule has 0 heterocycles. The van der Waals surface area contributed by atoms with Crippen molar-refractivity contribution in [1.82, 2.24) is 5.43 Å². The first-order valence-electron chi connectivity index (χ1n) is 7.09. The summed E-state index contributed by atoms with van der Waals surface area (Å²) in [4.78, 5) is 11.7. The normalized spacial score (nSPS) is 10.2. The highest BCUT2D eigenvalue weighted by molar-refractivity contribution is 6.43. The van der Waals surface area contributed by atoms with Gasteiger partial charge < -0.3 is 4.74 Å². The fourth-order valence-corrected chi connectivity index (χ4v) is 2.34. The molecule has 0 bridgehead atoms. The van der Waals surface area contributed by atoms with E-state index < -0.39 is 0 Å². The first-order valence-corrected chi connectivity index (χ1v) is 8.22. The van der Waals surface area contributed by atoms with Crippen LogP contribution in [-0.2, 0) is 4.79 Å². The smallest absolute Gasteiger partial charge is 0.277 e. The van der Waals surface area contributed by atoms with Crippen LogP contribution in [0.5, 0.6) is 5.75 Å². The van der Waals surface area contributed by atoms with E-state index in [0.29, 0.717) is 20.8 Å². The maximum Gasteiger partial charge on any atom is 0.277 e. The molecule has 122 valence electrons. The predicted octanol–water partition coefficient (Wildman–Crippen LogP) is 5.10. The summed E-state index contributed by atoms with van der Waals surface area (Å²) in [6.07, 6.45) is 3.72. The Morgan fingerprint density at radius 1 is 1.09 bits per heavy atom. The number of nitrogens with one attached hydrogen (secondary N) is 1. The standard InChI is InChI=1S/C15H19Cl3N2O2/c1-3-5-10(6-4-2)19-20-15(21)9-22-14-8-12(17)11(16)7-13(14)18/h7-8H,3-6,9H2,1-2H3,(H,20,21). The Hall–Kier alpha value is -0.970. The van der Waals surface area contributed by atoms with Crippen LogP contribution in [0.15, 0.2) is 17.2 Å². The fraction of sp³-hybridized carbons (Fsp3) is 0.467. The van der Waals surface area contributed by atoms with Crippen LogP contribution in [0.4, 0.5) is 0 Å². The van der Waals surface area contributed by atoms with Gasteiger partial charge in [-0.25, -0.2) is 5.43 Å². The summed E-state index contributed by atoms with van der Waals surface area (Å²) in [7, 11) is 0. The Balaban J connectivity index is 2.56. The van der Waals surface area contributed by atoms with Gasteiger partial charge in [-0.1, -0.05) is 61.5 Å². The molecule has 22 heavy (non-hydrogen) atoms. The third-order valence-corrected chi connectivity index (χ3v) is 3.77. The second kappa shape index (κ2) is 9.93. The maximum atomic E-state index is 11.7. The second-order valence-corrected chi connectivity index (χ2v) is 5.92. The largest absolute Gasteiger partial charge is 0.482 e. The average molecular weight is 366 g/mol. The fourth-order valence-electron chi connectivity index (χ4n) is 1.75. The highest BCUT2D eigenvalue weighted by Gasteiger charge is 2.09. The number of rotatable bonds is 8. The zero-order chi connectivity index (χ0) is 16.5. The number of benzene rings is 1. The van der Waals surface area contributed by atoms with Crippen LogP contribution in [0.3, 0.4) is 0 Å². The van der Waals surface area contributed by atoms with Crippen molar-refractivity contribution in [2.24, 2.45) is 5.10 Å². The molecule has 0 atom stereocenters. The molecule has 0 aliphatic carbocycles. The number of hydrogen-bond donors (Lipinski definition) is 1. The minimum atomic E-state index is -0.355. The molecule has 1 aromatic carbocycles. The topological polar surface area (TPSA) is 50.7 Å². The van der Waals surface area contributed by atoms with Crippen LogP contribution >= 0.6 is 34.8 Å². The molecule has 0 radical (unpaired) electrons. The zero-order valence-electron chi connectivity index (χ0n) is 12.6. The van der Waals surface area contributed by atoms with Gasteiger partial charge >= 0.3 is 0 Å². The van der Waals surface area contributed by atoms with E-state index in [-0.39, 0.29) is 12.5 Å². The molecule has 0 unspecified atom stereocenters. The number of carbonyl (C=O) groups excluding carboxylic acids is 1. The molecule has 0 fully saturated rings. The Morgan fingerprint density at radius 3 is 2.27 bits per heavy atom. The molecule has 1 rings (SSSR count). The lowest BCUT2D eigenvalue weighted by Crippen LogP contribution is -2.26. The van der Waals surface area contributed by atoms with E-state index in [1.807, 2.05) is 0 Å². The van der Waals surface area contributed by atoms with Crippen molar-refractivity contribution < 1.29 is 9.53 Å². The minimum absolute atomic E-state index is 0.202. The van der Waals surface area contributed by atoms with Crippen LogP contribution in [0.25, 0.3) is 0 Å². The molecule has 0 saturated carbocycles. The van der Waals surface area contributed by atoms with Gasteiger partial charge in [0.25, 0.3) is 5.91 Å². The van der Waals surface area contributed by atoms with Crippen LogP contribution in [-0.4, -0.2) is 18.2 Å². The highest BCUT2D eigenvalue weighted by atomic mass is 35.5. The minimum Gasteiger partial charge on any atom is -0.482 e. The number of hydrazone groups is 1. The third kappa shape index (κ3) is 6.42. The predicted molar refractivity (Wildman–Crippen MR) is 92.4 cm³/mol. The van der Waals surface area contributed by atoms with Gasteiger partial charge in [0.05, 0.1) is 15.1 Å². The average Bonchev–Trinajstić information content (AvgIpc) is 2.47. The van der Waals surface area contributed by atoms with Crippen molar-refractivity contribution in [3.63, 3.8) is 0 Å². The molecule has 0 aromatic heterocycles. The van der Waals surface area contributed by atoms with Gasteiger partial charge in [0.2, 0.25) is 0 Å². The lowest BCUT2D eigenvalue weighted by atomic mass is 10.1. The maximum absolute atomic E-state index is 11.7. The third-order valence-electron chi connectivity index (χ3n) is 2.75. The first kappa shape index (κ1) is 19.1. The molecule has 0 aliphatic heterocycles. The lowest BCUT2D eigenvalue weighted by molar-refractivity contribution is -0.123. The molecule has 0 saturated heterocycles. The molecular formula is C15H19Cl3N2O2. The monoisotopic (exact) mass is 364 g/mol. The quantitative estimate of drug-likeness (QED) is 0.396. The summed E-state index contributed by atoms with van der Waals surface area (Å²) in [6.45, 7) is 3.94. The van der Waals surface area contributed by atoms with Crippen LogP contribution in [0.2, 0.25) is 15.1 Å². The Labute approximate surface area is 145 Å². The zero-order valence-corrected chi connectivity index (χ0v) is 14.9. The second-order valence-electron chi connectivity index (χ2n) is 4.70. The Morgan fingerprint density at radius 2 is 1.68 bits per heavy atom. The lowest BCUT2D eigenvalue weighted by Gasteiger charge is -2.09. The van der Waals surface area contributed by atoms with Crippen molar-refractivity contribution in [2.45, 2.75) is 39.5 Å². The summed E-state index contributed by atoms with van der Waals surface area (Å²) in [6, 6.07) is 2.94. The van der Waals surface area contributed by atoms with Crippen molar-refractivity contribution in [2.75, 3.05) is 6.61 Å². The molecule has 1 N–H and O–H groups in total. The molecule has 0 spiro atoms. The molecule has 7 heteroatoms. The number of ether oxygens (including phenoxy) is 1. The van der Waals surface area contributed by atoms with E-state index in [2.05, 4.69) is 24.4 Å². The van der Waals surface area contributed by atoms with E-state index >= 15 is 0 Å². The SMILES string of the molecule is CCCC(CCC)=NNC(=O)COc1cc(Cl)c(Cl)cc1Cl. The van der Waals surface area contributed by atoms with Crippen LogP contribution < -0.4 is 10.2 Å². The van der Waals surface area contributed by atoms with Gasteiger partial charge in [-0.3, -0.25) is 4.79 Å². The molecular weight excluding hydrogens is 347 g/mol.